The van der Waals surface area contributed by atoms with Crippen LogP contribution in [0.25, 0.3) is 5.69 Å². The van der Waals surface area contributed by atoms with Gasteiger partial charge in [-0.3, -0.25) is 20.4 Å². The zero-order chi connectivity index (χ0) is 21.0. The van der Waals surface area contributed by atoms with Crippen molar-refractivity contribution in [2.75, 3.05) is 7.11 Å². The average Bonchev–Trinajstić information content (AvgIpc) is 3.25. The molecule has 0 saturated carbocycles. The normalized spacial score (nSPS) is 11.0. The van der Waals surface area contributed by atoms with Crippen LogP contribution in [-0.4, -0.2) is 31.9 Å². The Morgan fingerprint density at radius 2 is 1.55 bits per heavy atom. The molecular formula is C19H18N4O5S. The summed E-state index contributed by atoms with van der Waals surface area (Å²) >= 11 is 0. The molecule has 0 spiro atoms. The number of nitrogens with one attached hydrogen (secondary N) is 2. The lowest BCUT2D eigenvalue weighted by Crippen LogP contribution is -2.42. The van der Waals surface area contributed by atoms with Crippen molar-refractivity contribution in [2.24, 2.45) is 5.14 Å². The van der Waals surface area contributed by atoms with Gasteiger partial charge in [0.05, 0.1) is 28.8 Å². The second-order valence-electron chi connectivity index (χ2n) is 5.92. The summed E-state index contributed by atoms with van der Waals surface area (Å²) in [5.74, 6) is -1.19. The van der Waals surface area contributed by atoms with Gasteiger partial charge in [0, 0.05) is 12.4 Å². The Morgan fingerprint density at radius 1 is 0.931 bits per heavy atom. The van der Waals surface area contributed by atoms with Crippen molar-refractivity contribution in [2.45, 2.75) is 4.90 Å². The number of rotatable bonds is 5. The maximum atomic E-state index is 12.6. The monoisotopic (exact) mass is 414 g/mol. The number of hydrogen-bond acceptors (Lipinski definition) is 5. The lowest BCUT2D eigenvalue weighted by Gasteiger charge is -2.13. The number of nitrogens with zero attached hydrogens (tertiary/aromatic N) is 1. The number of amides is 2. The second-order valence-corrected chi connectivity index (χ2v) is 7.48. The maximum absolute atomic E-state index is 12.6. The molecule has 9 nitrogen and oxygen atoms in total. The quantitative estimate of drug-likeness (QED) is 0.540. The summed E-state index contributed by atoms with van der Waals surface area (Å²) in [6.45, 7) is 0. The molecule has 29 heavy (non-hydrogen) atoms. The van der Waals surface area contributed by atoms with E-state index in [1.165, 1.54) is 19.2 Å². The molecule has 10 heteroatoms. The molecule has 0 fully saturated rings. The minimum Gasteiger partial charge on any atom is -0.496 e. The van der Waals surface area contributed by atoms with Gasteiger partial charge in [0.1, 0.15) is 5.75 Å². The van der Waals surface area contributed by atoms with Gasteiger partial charge in [0.25, 0.3) is 11.8 Å². The zero-order valence-electron chi connectivity index (χ0n) is 15.3. The maximum Gasteiger partial charge on any atom is 0.273 e. The van der Waals surface area contributed by atoms with Gasteiger partial charge in [-0.15, -0.1) is 0 Å². The molecule has 0 aliphatic rings. The fourth-order valence-corrected chi connectivity index (χ4v) is 3.22. The van der Waals surface area contributed by atoms with E-state index in [0.717, 1.165) is 6.07 Å². The molecule has 0 aliphatic carbocycles. The van der Waals surface area contributed by atoms with Crippen LogP contribution in [0.15, 0.2) is 71.9 Å². The second kappa shape index (κ2) is 8.17. The predicted molar refractivity (Wildman–Crippen MR) is 105 cm³/mol. The van der Waals surface area contributed by atoms with Crippen molar-refractivity contribution in [1.29, 1.82) is 0 Å². The number of carbonyl (C=O) groups is 2. The highest BCUT2D eigenvalue weighted by Gasteiger charge is 2.19. The van der Waals surface area contributed by atoms with E-state index in [1.54, 1.807) is 41.2 Å². The van der Waals surface area contributed by atoms with Gasteiger partial charge < -0.3 is 9.30 Å². The Balaban J connectivity index is 1.81. The summed E-state index contributed by atoms with van der Waals surface area (Å²) < 4.78 is 29.9. The molecule has 0 atom stereocenters. The highest BCUT2D eigenvalue weighted by atomic mass is 32.2. The van der Waals surface area contributed by atoms with E-state index >= 15 is 0 Å². The van der Waals surface area contributed by atoms with Crippen molar-refractivity contribution in [3.8, 4) is 11.4 Å². The third-order valence-electron chi connectivity index (χ3n) is 4.06. The van der Waals surface area contributed by atoms with Gasteiger partial charge in [-0.25, -0.2) is 13.6 Å². The summed E-state index contributed by atoms with van der Waals surface area (Å²) in [4.78, 5) is 24.8. The van der Waals surface area contributed by atoms with E-state index in [2.05, 4.69) is 10.9 Å². The van der Waals surface area contributed by atoms with Crippen LogP contribution < -0.4 is 20.7 Å². The number of primary sulfonamides is 1. The summed E-state index contributed by atoms with van der Waals surface area (Å²) in [6.07, 6.45) is 3.57. The summed E-state index contributed by atoms with van der Waals surface area (Å²) in [7, 11) is -2.69. The zero-order valence-corrected chi connectivity index (χ0v) is 16.1. The topological polar surface area (TPSA) is 133 Å². The smallest absolute Gasteiger partial charge is 0.273 e. The fraction of sp³-hybridized carbons (Fsp3) is 0.0526. The van der Waals surface area contributed by atoms with Gasteiger partial charge >= 0.3 is 0 Å². The number of benzene rings is 2. The van der Waals surface area contributed by atoms with Crippen LogP contribution in [0, 0.1) is 0 Å². The molecule has 0 unspecified atom stereocenters. The van der Waals surface area contributed by atoms with Crippen molar-refractivity contribution < 1.29 is 22.7 Å². The third kappa shape index (κ3) is 4.45. The number of methoxy groups -OCH3 is 1. The molecule has 1 heterocycles. The van der Waals surface area contributed by atoms with Gasteiger partial charge in [-0.1, -0.05) is 12.1 Å². The molecule has 4 N–H and O–H groups in total. The van der Waals surface area contributed by atoms with E-state index in [9.17, 15) is 18.0 Å². The molecule has 0 bridgehead atoms. The summed E-state index contributed by atoms with van der Waals surface area (Å²) in [6, 6.07) is 14.1. The van der Waals surface area contributed by atoms with E-state index < -0.39 is 21.8 Å². The molecule has 3 rings (SSSR count). The Bertz CT molecular complexity index is 1160. The fourth-order valence-electron chi connectivity index (χ4n) is 2.68. The summed E-state index contributed by atoms with van der Waals surface area (Å²) in [5.41, 5.74) is 5.43. The van der Waals surface area contributed by atoms with Crippen LogP contribution in [0.4, 0.5) is 0 Å². The number of aromatic nitrogens is 1. The number of carbonyl (C=O) groups excluding carboxylic acids is 2. The number of hydrogen-bond donors (Lipinski definition) is 3. The van der Waals surface area contributed by atoms with E-state index in [4.69, 9.17) is 9.88 Å². The van der Waals surface area contributed by atoms with Crippen LogP contribution >= 0.6 is 0 Å². The van der Waals surface area contributed by atoms with Crippen molar-refractivity contribution in [3.05, 3.63) is 78.1 Å². The number of ether oxygens (including phenoxy) is 1. The molecule has 2 aromatic carbocycles. The van der Waals surface area contributed by atoms with Crippen LogP contribution in [0.3, 0.4) is 0 Å². The molecule has 1 aromatic heterocycles. The molecule has 0 saturated heterocycles. The largest absolute Gasteiger partial charge is 0.496 e. The molecule has 2 amide bonds. The number of para-hydroxylation sites is 1. The summed E-state index contributed by atoms with van der Waals surface area (Å²) in [5, 5.41) is 5.11. The van der Waals surface area contributed by atoms with Gasteiger partial charge in [-0.05, 0) is 42.5 Å². The van der Waals surface area contributed by atoms with Crippen LogP contribution in [0.2, 0.25) is 0 Å². The molecule has 3 aromatic rings. The Morgan fingerprint density at radius 3 is 2.17 bits per heavy atom. The van der Waals surface area contributed by atoms with E-state index in [-0.39, 0.29) is 16.2 Å². The Labute approximate surface area is 167 Å². The van der Waals surface area contributed by atoms with Gasteiger partial charge in [0.2, 0.25) is 10.0 Å². The van der Waals surface area contributed by atoms with Crippen molar-refractivity contribution >= 4 is 21.8 Å². The van der Waals surface area contributed by atoms with Gasteiger partial charge in [-0.2, -0.15) is 0 Å². The highest BCUT2D eigenvalue weighted by molar-refractivity contribution is 7.89. The number of nitrogens with two attached hydrogens (primary N) is 1. The minimum atomic E-state index is -4.01. The Kier molecular flexibility index (Phi) is 5.66. The number of hydrazine groups is 1. The first-order valence-corrected chi connectivity index (χ1v) is 9.90. The SMILES string of the molecule is COc1ccc(S(N)(=O)=O)cc1C(=O)NNC(=O)c1ccccc1-n1cccc1. The lowest BCUT2D eigenvalue weighted by atomic mass is 10.1. The average molecular weight is 414 g/mol. The molecule has 0 aliphatic heterocycles. The first-order valence-electron chi connectivity index (χ1n) is 8.35. The van der Waals surface area contributed by atoms with Crippen molar-refractivity contribution in [3.63, 3.8) is 0 Å². The lowest BCUT2D eigenvalue weighted by molar-refractivity contribution is 0.0844. The van der Waals surface area contributed by atoms with Crippen LogP contribution in [-0.2, 0) is 10.0 Å². The minimum absolute atomic E-state index is 0.0991. The molecule has 150 valence electrons. The predicted octanol–water partition coefficient (Wildman–Crippen LogP) is 1.21. The first-order chi connectivity index (χ1) is 13.8. The molecule has 0 radical (unpaired) electrons. The first kappa shape index (κ1) is 20.1. The third-order valence-corrected chi connectivity index (χ3v) is 4.98. The number of sulfonamides is 1. The van der Waals surface area contributed by atoms with Gasteiger partial charge in [0.15, 0.2) is 0 Å². The standard InChI is InChI=1S/C19H18N4O5S/c1-28-17-9-8-13(29(20,26)27)12-15(17)19(25)22-21-18(24)14-6-2-3-7-16(14)23-10-4-5-11-23/h2-12H,1H3,(H,21,24)(H,22,25)(H2,20,26,27). The molecular weight excluding hydrogens is 396 g/mol. The van der Waals surface area contributed by atoms with Crippen LogP contribution in [0.1, 0.15) is 20.7 Å². The highest BCUT2D eigenvalue weighted by Crippen LogP contribution is 2.22. The van der Waals surface area contributed by atoms with E-state index in [1.807, 2.05) is 12.1 Å². The van der Waals surface area contributed by atoms with Crippen molar-refractivity contribution in [1.82, 2.24) is 15.4 Å². The van der Waals surface area contributed by atoms with E-state index in [0.29, 0.717) is 11.3 Å². The van der Waals surface area contributed by atoms with Crippen LogP contribution in [0.5, 0.6) is 5.75 Å². The Hall–Kier alpha value is -3.63.